The first-order valence-corrected chi connectivity index (χ1v) is 5.29. The molecule has 0 aliphatic carbocycles. The lowest BCUT2D eigenvalue weighted by molar-refractivity contribution is 0.281. The van der Waals surface area contributed by atoms with Gasteiger partial charge in [-0.15, -0.1) is 11.6 Å². The second kappa shape index (κ2) is 6.68. The molecule has 0 aliphatic heterocycles. The van der Waals surface area contributed by atoms with Crippen molar-refractivity contribution in [1.29, 1.82) is 0 Å². The van der Waals surface area contributed by atoms with E-state index >= 15 is 0 Å². The maximum atomic E-state index is 8.82. The summed E-state index contributed by atoms with van der Waals surface area (Å²) in [5, 5.41) is 8.82. The van der Waals surface area contributed by atoms with Crippen molar-refractivity contribution in [3.63, 3.8) is 0 Å². The van der Waals surface area contributed by atoms with Gasteiger partial charge in [-0.2, -0.15) is 0 Å². The molecule has 0 radical (unpaired) electrons. The summed E-state index contributed by atoms with van der Waals surface area (Å²) in [4.78, 5) is 0. The molecule has 0 saturated heterocycles. The molecule has 3 heteroatoms. The molecule has 2 nitrogen and oxygen atoms in total. The fourth-order valence-corrected chi connectivity index (χ4v) is 1.27. The van der Waals surface area contributed by atoms with Gasteiger partial charge in [0.2, 0.25) is 0 Å². The van der Waals surface area contributed by atoms with E-state index in [2.05, 4.69) is 0 Å². The first kappa shape index (κ1) is 11.3. The highest BCUT2D eigenvalue weighted by molar-refractivity contribution is 6.17. The van der Waals surface area contributed by atoms with Gasteiger partial charge >= 0.3 is 0 Å². The topological polar surface area (TPSA) is 29.5 Å². The smallest absolute Gasteiger partial charge is 0.119 e. The summed E-state index contributed by atoms with van der Waals surface area (Å²) in [6.07, 6.45) is 1.96. The van der Waals surface area contributed by atoms with E-state index in [4.69, 9.17) is 21.4 Å². The van der Waals surface area contributed by atoms with Gasteiger partial charge in [-0.05, 0) is 30.5 Å². The van der Waals surface area contributed by atoms with Crippen molar-refractivity contribution in [3.05, 3.63) is 29.8 Å². The summed E-state index contributed by atoms with van der Waals surface area (Å²) in [5.74, 6) is 1.53. The normalized spacial score (nSPS) is 10.1. The third-order valence-corrected chi connectivity index (χ3v) is 2.17. The van der Waals surface area contributed by atoms with Crippen LogP contribution in [-0.2, 0) is 6.61 Å². The minimum Gasteiger partial charge on any atom is -0.494 e. The molecular weight excluding hydrogens is 200 g/mol. The Kier molecular flexibility index (Phi) is 5.42. The van der Waals surface area contributed by atoms with Gasteiger partial charge in [0.1, 0.15) is 5.75 Å². The molecule has 14 heavy (non-hydrogen) atoms. The molecule has 1 aromatic carbocycles. The second-order valence-corrected chi connectivity index (χ2v) is 3.42. The molecule has 1 rings (SSSR count). The van der Waals surface area contributed by atoms with E-state index in [1.54, 1.807) is 0 Å². The molecule has 0 unspecified atom stereocenters. The molecular formula is C11H15ClO2. The van der Waals surface area contributed by atoms with Crippen molar-refractivity contribution in [2.75, 3.05) is 12.5 Å². The van der Waals surface area contributed by atoms with Crippen LogP contribution in [0.5, 0.6) is 5.75 Å². The largest absolute Gasteiger partial charge is 0.494 e. The van der Waals surface area contributed by atoms with E-state index in [9.17, 15) is 0 Å². The molecule has 78 valence electrons. The molecule has 0 amide bonds. The standard InChI is InChI=1S/C11H15ClO2/c12-7-1-2-8-14-11-5-3-10(9-13)4-6-11/h3-6,13H,1-2,7-9H2. The number of rotatable bonds is 6. The number of aliphatic hydroxyl groups is 1. The van der Waals surface area contributed by atoms with Crippen LogP contribution in [0.2, 0.25) is 0 Å². The molecule has 1 N–H and O–H groups in total. The van der Waals surface area contributed by atoms with Crippen LogP contribution in [0.1, 0.15) is 18.4 Å². The van der Waals surface area contributed by atoms with Crippen LogP contribution < -0.4 is 4.74 Å². The van der Waals surface area contributed by atoms with Crippen molar-refractivity contribution in [3.8, 4) is 5.75 Å². The molecule has 1 aromatic rings. The number of unbranched alkanes of at least 4 members (excludes halogenated alkanes) is 1. The lowest BCUT2D eigenvalue weighted by atomic mass is 10.2. The molecule has 0 bridgehead atoms. The summed E-state index contributed by atoms with van der Waals surface area (Å²) in [6, 6.07) is 7.45. The summed E-state index contributed by atoms with van der Waals surface area (Å²) < 4.78 is 5.47. The van der Waals surface area contributed by atoms with Crippen LogP contribution in [0.3, 0.4) is 0 Å². The quantitative estimate of drug-likeness (QED) is 0.583. The molecule has 0 aromatic heterocycles. The first-order valence-electron chi connectivity index (χ1n) is 4.75. The maximum Gasteiger partial charge on any atom is 0.119 e. The third kappa shape index (κ3) is 3.99. The molecule has 0 spiro atoms. The van der Waals surface area contributed by atoms with Crippen LogP contribution in [0.15, 0.2) is 24.3 Å². The number of aliphatic hydroxyl groups excluding tert-OH is 1. The van der Waals surface area contributed by atoms with Crippen LogP contribution in [-0.4, -0.2) is 17.6 Å². The fourth-order valence-electron chi connectivity index (χ4n) is 1.08. The Bertz CT molecular complexity index is 246. The highest BCUT2D eigenvalue weighted by atomic mass is 35.5. The van der Waals surface area contributed by atoms with Crippen molar-refractivity contribution >= 4 is 11.6 Å². The van der Waals surface area contributed by atoms with E-state index in [0.717, 1.165) is 24.2 Å². The SMILES string of the molecule is OCc1ccc(OCCCCCl)cc1. The number of ether oxygens (including phenoxy) is 1. The highest BCUT2D eigenvalue weighted by Crippen LogP contribution is 2.12. The van der Waals surface area contributed by atoms with Crippen LogP contribution >= 0.6 is 11.6 Å². The summed E-state index contributed by atoms with van der Waals surface area (Å²) in [6.45, 7) is 0.776. The lowest BCUT2D eigenvalue weighted by Crippen LogP contribution is -1.97. The second-order valence-electron chi connectivity index (χ2n) is 3.05. The average Bonchev–Trinajstić information content (AvgIpc) is 2.25. The number of hydrogen-bond donors (Lipinski definition) is 1. The van der Waals surface area contributed by atoms with E-state index in [0.29, 0.717) is 12.5 Å². The van der Waals surface area contributed by atoms with Crippen molar-refractivity contribution in [1.82, 2.24) is 0 Å². The highest BCUT2D eigenvalue weighted by Gasteiger charge is 1.94. The van der Waals surface area contributed by atoms with Gasteiger partial charge in [-0.3, -0.25) is 0 Å². The Hall–Kier alpha value is -0.730. The minimum absolute atomic E-state index is 0.0759. The zero-order chi connectivity index (χ0) is 10.2. The maximum absolute atomic E-state index is 8.82. The third-order valence-electron chi connectivity index (χ3n) is 1.90. The van der Waals surface area contributed by atoms with Gasteiger partial charge in [-0.1, -0.05) is 12.1 Å². The van der Waals surface area contributed by atoms with Gasteiger partial charge < -0.3 is 9.84 Å². The van der Waals surface area contributed by atoms with Gasteiger partial charge in [0.05, 0.1) is 13.2 Å². The van der Waals surface area contributed by atoms with Crippen molar-refractivity contribution in [2.45, 2.75) is 19.4 Å². The Morgan fingerprint density at radius 3 is 2.43 bits per heavy atom. The zero-order valence-corrected chi connectivity index (χ0v) is 8.83. The van der Waals surface area contributed by atoms with Crippen LogP contribution in [0.25, 0.3) is 0 Å². The fraction of sp³-hybridized carbons (Fsp3) is 0.455. The van der Waals surface area contributed by atoms with Gasteiger partial charge in [0, 0.05) is 5.88 Å². The number of benzene rings is 1. The Balaban J connectivity index is 2.29. The molecule has 0 saturated carbocycles. The first-order chi connectivity index (χ1) is 6.86. The predicted octanol–water partition coefficient (Wildman–Crippen LogP) is 2.58. The monoisotopic (exact) mass is 214 g/mol. The van der Waals surface area contributed by atoms with E-state index in [1.807, 2.05) is 24.3 Å². The van der Waals surface area contributed by atoms with Crippen molar-refractivity contribution < 1.29 is 9.84 Å². The zero-order valence-electron chi connectivity index (χ0n) is 8.08. The molecule has 0 aliphatic rings. The Morgan fingerprint density at radius 1 is 1.14 bits per heavy atom. The molecule has 0 fully saturated rings. The van der Waals surface area contributed by atoms with Gasteiger partial charge in [0.15, 0.2) is 0 Å². The van der Waals surface area contributed by atoms with E-state index < -0.39 is 0 Å². The van der Waals surface area contributed by atoms with Crippen LogP contribution in [0.4, 0.5) is 0 Å². The summed E-state index contributed by atoms with van der Waals surface area (Å²) in [7, 11) is 0. The summed E-state index contributed by atoms with van der Waals surface area (Å²) >= 11 is 5.54. The number of alkyl halides is 1. The number of halogens is 1. The van der Waals surface area contributed by atoms with Crippen molar-refractivity contribution in [2.24, 2.45) is 0 Å². The molecule has 0 heterocycles. The lowest BCUT2D eigenvalue weighted by Gasteiger charge is -2.05. The van der Waals surface area contributed by atoms with E-state index in [-0.39, 0.29) is 6.61 Å². The van der Waals surface area contributed by atoms with E-state index in [1.165, 1.54) is 0 Å². The Labute approximate surface area is 89.5 Å². The Morgan fingerprint density at radius 2 is 1.86 bits per heavy atom. The van der Waals surface area contributed by atoms with Crippen LogP contribution in [0, 0.1) is 0 Å². The van der Waals surface area contributed by atoms with Gasteiger partial charge in [-0.25, -0.2) is 0 Å². The molecule has 0 atom stereocenters. The van der Waals surface area contributed by atoms with Gasteiger partial charge in [0.25, 0.3) is 0 Å². The number of hydrogen-bond acceptors (Lipinski definition) is 2. The minimum atomic E-state index is 0.0759. The summed E-state index contributed by atoms with van der Waals surface area (Å²) in [5.41, 5.74) is 0.901. The average molecular weight is 215 g/mol. The predicted molar refractivity (Wildman–Crippen MR) is 57.8 cm³/mol.